The fourth-order valence-corrected chi connectivity index (χ4v) is 1.66. The number of hydrogen-bond acceptors (Lipinski definition) is 5. The number of rotatable bonds is 4. The van der Waals surface area contributed by atoms with E-state index >= 15 is 0 Å². The van der Waals surface area contributed by atoms with Crippen LogP contribution in [0, 0.1) is 5.82 Å². The summed E-state index contributed by atoms with van der Waals surface area (Å²) in [5.41, 5.74) is 6.20. The van der Waals surface area contributed by atoms with Gasteiger partial charge in [0.15, 0.2) is 11.6 Å². The normalized spacial score (nSPS) is 11.9. The molecule has 19 heavy (non-hydrogen) atoms. The van der Waals surface area contributed by atoms with Crippen molar-refractivity contribution in [2.24, 2.45) is 0 Å². The zero-order valence-electron chi connectivity index (χ0n) is 10.6. The molecule has 0 unspecified atom stereocenters. The molecule has 0 saturated carbocycles. The fourth-order valence-electron chi connectivity index (χ4n) is 1.66. The van der Waals surface area contributed by atoms with E-state index in [0.717, 1.165) is 6.20 Å². The summed E-state index contributed by atoms with van der Waals surface area (Å²) in [6.45, 7) is 1.76. The van der Waals surface area contributed by atoms with Crippen LogP contribution in [-0.2, 0) is 0 Å². The van der Waals surface area contributed by atoms with Gasteiger partial charge in [-0.3, -0.25) is 0 Å². The second-order valence-corrected chi connectivity index (χ2v) is 3.90. The third-order valence-electron chi connectivity index (χ3n) is 2.58. The molecule has 2 heterocycles. The summed E-state index contributed by atoms with van der Waals surface area (Å²) in [7, 11) is 1.47. The average molecular weight is 263 g/mol. The number of nitrogen functional groups attached to an aromatic ring is 1. The Morgan fingerprint density at radius 2 is 2.16 bits per heavy atom. The zero-order valence-corrected chi connectivity index (χ0v) is 10.6. The van der Waals surface area contributed by atoms with E-state index < -0.39 is 11.9 Å². The number of ether oxygens (including phenoxy) is 2. The number of aromatic nitrogens is 2. The number of methoxy groups -OCH3 is 1. The van der Waals surface area contributed by atoms with E-state index in [9.17, 15) is 4.39 Å². The third kappa shape index (κ3) is 2.90. The van der Waals surface area contributed by atoms with Crippen molar-refractivity contribution in [3.63, 3.8) is 0 Å². The highest BCUT2D eigenvalue weighted by Crippen LogP contribution is 2.29. The lowest BCUT2D eigenvalue weighted by Crippen LogP contribution is -2.08. The van der Waals surface area contributed by atoms with Crippen molar-refractivity contribution >= 4 is 5.82 Å². The Hall–Kier alpha value is -2.37. The third-order valence-corrected chi connectivity index (χ3v) is 2.58. The predicted octanol–water partition coefficient (Wildman–Crippen LogP) is 2.35. The number of pyridine rings is 2. The van der Waals surface area contributed by atoms with Crippen LogP contribution >= 0.6 is 0 Å². The molecule has 2 N–H and O–H groups in total. The van der Waals surface area contributed by atoms with Gasteiger partial charge in [-0.15, -0.1) is 0 Å². The summed E-state index contributed by atoms with van der Waals surface area (Å²) >= 11 is 0. The Balaban J connectivity index is 2.27. The van der Waals surface area contributed by atoms with Crippen molar-refractivity contribution in [3.8, 4) is 11.6 Å². The van der Waals surface area contributed by atoms with Gasteiger partial charge in [-0.2, -0.15) is 0 Å². The maximum Gasteiger partial charge on any atom is 0.220 e. The van der Waals surface area contributed by atoms with E-state index in [4.69, 9.17) is 15.2 Å². The Kier molecular flexibility index (Phi) is 3.79. The molecule has 5 nitrogen and oxygen atoms in total. The maximum atomic E-state index is 13.3. The SMILES string of the molecule is COc1ncc(F)cc1[C@@H](C)Oc1cccnc1N. The number of nitrogens with zero attached hydrogens (tertiary/aromatic N) is 2. The van der Waals surface area contributed by atoms with Gasteiger partial charge >= 0.3 is 0 Å². The van der Waals surface area contributed by atoms with Gasteiger partial charge in [0.25, 0.3) is 0 Å². The second-order valence-electron chi connectivity index (χ2n) is 3.90. The topological polar surface area (TPSA) is 70.3 Å². The summed E-state index contributed by atoms with van der Waals surface area (Å²) in [6, 6.07) is 4.72. The van der Waals surface area contributed by atoms with Crippen LogP contribution in [0.3, 0.4) is 0 Å². The molecule has 0 aromatic carbocycles. The van der Waals surface area contributed by atoms with Crippen LogP contribution in [0.4, 0.5) is 10.2 Å². The van der Waals surface area contributed by atoms with Gasteiger partial charge in [0.05, 0.1) is 18.9 Å². The van der Waals surface area contributed by atoms with Gasteiger partial charge in [-0.25, -0.2) is 14.4 Å². The summed E-state index contributed by atoms with van der Waals surface area (Å²) < 4.78 is 24.0. The van der Waals surface area contributed by atoms with Crippen LogP contribution in [-0.4, -0.2) is 17.1 Å². The molecule has 0 bridgehead atoms. The predicted molar refractivity (Wildman–Crippen MR) is 68.4 cm³/mol. The van der Waals surface area contributed by atoms with Gasteiger partial charge in [0, 0.05) is 6.20 Å². The van der Waals surface area contributed by atoms with Crippen LogP contribution in [0.2, 0.25) is 0 Å². The summed E-state index contributed by atoms with van der Waals surface area (Å²) in [6.07, 6.45) is 2.19. The highest BCUT2D eigenvalue weighted by atomic mass is 19.1. The first-order valence-corrected chi connectivity index (χ1v) is 5.68. The standard InChI is InChI=1S/C13H14FN3O2/c1-8(19-11-4-3-5-16-12(11)15)10-6-9(14)7-17-13(10)18-2/h3-8H,1-2H3,(H2,15,16)/t8-/m1/s1. The van der Waals surface area contributed by atoms with Gasteiger partial charge in [-0.1, -0.05) is 0 Å². The second kappa shape index (κ2) is 5.51. The van der Waals surface area contributed by atoms with Crippen LogP contribution < -0.4 is 15.2 Å². The van der Waals surface area contributed by atoms with E-state index in [1.165, 1.54) is 13.2 Å². The van der Waals surface area contributed by atoms with Crippen molar-refractivity contribution in [1.82, 2.24) is 9.97 Å². The fraction of sp³-hybridized carbons (Fsp3) is 0.231. The summed E-state index contributed by atoms with van der Waals surface area (Å²) in [5.74, 6) is 0.570. The number of nitrogens with two attached hydrogens (primary N) is 1. The lowest BCUT2D eigenvalue weighted by atomic mass is 10.1. The minimum absolute atomic E-state index is 0.276. The molecule has 0 aliphatic carbocycles. The molecule has 0 aliphatic rings. The van der Waals surface area contributed by atoms with E-state index in [-0.39, 0.29) is 5.82 Å². The Bertz CT molecular complexity index is 578. The zero-order chi connectivity index (χ0) is 13.8. The van der Waals surface area contributed by atoms with Gasteiger partial charge in [0.2, 0.25) is 5.88 Å². The molecular weight excluding hydrogens is 249 g/mol. The monoisotopic (exact) mass is 263 g/mol. The number of anilines is 1. The molecule has 1 atom stereocenters. The average Bonchev–Trinajstić information content (AvgIpc) is 2.41. The van der Waals surface area contributed by atoms with Crippen LogP contribution in [0.15, 0.2) is 30.6 Å². The molecule has 2 aromatic rings. The van der Waals surface area contributed by atoms with Crippen LogP contribution in [0.1, 0.15) is 18.6 Å². The first-order valence-electron chi connectivity index (χ1n) is 5.68. The Labute approximate surface area is 110 Å². The van der Waals surface area contributed by atoms with Crippen LogP contribution in [0.5, 0.6) is 11.6 Å². The smallest absolute Gasteiger partial charge is 0.220 e. The summed E-state index contributed by atoms with van der Waals surface area (Å²) in [5, 5.41) is 0. The minimum atomic E-state index is -0.468. The van der Waals surface area contributed by atoms with Gasteiger partial charge in [-0.05, 0) is 25.1 Å². The first kappa shape index (κ1) is 13.1. The van der Waals surface area contributed by atoms with Crippen LogP contribution in [0.25, 0.3) is 0 Å². The van der Waals surface area contributed by atoms with Gasteiger partial charge < -0.3 is 15.2 Å². The quantitative estimate of drug-likeness (QED) is 0.916. The van der Waals surface area contributed by atoms with E-state index in [1.54, 1.807) is 25.3 Å². The molecule has 0 fully saturated rings. The van der Waals surface area contributed by atoms with Crippen molar-refractivity contribution in [2.75, 3.05) is 12.8 Å². The molecular formula is C13H14FN3O2. The molecule has 2 rings (SSSR count). The minimum Gasteiger partial charge on any atom is -0.482 e. The van der Waals surface area contributed by atoms with E-state index in [0.29, 0.717) is 17.2 Å². The highest BCUT2D eigenvalue weighted by molar-refractivity contribution is 5.45. The molecule has 100 valence electrons. The van der Waals surface area contributed by atoms with Gasteiger partial charge in [0.1, 0.15) is 11.9 Å². The molecule has 0 spiro atoms. The molecule has 0 amide bonds. The highest BCUT2D eigenvalue weighted by Gasteiger charge is 2.16. The van der Waals surface area contributed by atoms with Crippen molar-refractivity contribution in [3.05, 3.63) is 42.0 Å². The molecule has 6 heteroatoms. The van der Waals surface area contributed by atoms with E-state index in [2.05, 4.69) is 9.97 Å². The molecule has 0 aliphatic heterocycles. The van der Waals surface area contributed by atoms with Crippen molar-refractivity contribution in [2.45, 2.75) is 13.0 Å². The van der Waals surface area contributed by atoms with Crippen molar-refractivity contribution in [1.29, 1.82) is 0 Å². The Morgan fingerprint density at radius 1 is 1.37 bits per heavy atom. The number of hydrogen-bond donors (Lipinski definition) is 1. The molecule has 0 radical (unpaired) electrons. The first-order chi connectivity index (χ1) is 9.11. The lowest BCUT2D eigenvalue weighted by molar-refractivity contribution is 0.219. The Morgan fingerprint density at radius 3 is 2.84 bits per heavy atom. The lowest BCUT2D eigenvalue weighted by Gasteiger charge is -2.17. The summed E-state index contributed by atoms with van der Waals surface area (Å²) in [4.78, 5) is 7.78. The largest absolute Gasteiger partial charge is 0.482 e. The van der Waals surface area contributed by atoms with E-state index in [1.807, 2.05) is 0 Å². The number of halogens is 1. The maximum absolute atomic E-state index is 13.3. The molecule has 0 saturated heterocycles. The molecule has 2 aromatic heterocycles. The van der Waals surface area contributed by atoms with Crippen molar-refractivity contribution < 1.29 is 13.9 Å².